The first-order valence-electron chi connectivity index (χ1n) is 6.58. The van der Waals surface area contributed by atoms with E-state index in [4.69, 9.17) is 5.11 Å². The summed E-state index contributed by atoms with van der Waals surface area (Å²) < 4.78 is 0. The van der Waals surface area contributed by atoms with Crippen LogP contribution in [0.15, 0.2) is 24.4 Å². The van der Waals surface area contributed by atoms with E-state index in [0.29, 0.717) is 18.8 Å². The molecule has 2 heterocycles. The second-order valence-corrected chi connectivity index (χ2v) is 4.83. The predicted molar refractivity (Wildman–Crippen MR) is 68.9 cm³/mol. The smallest absolute Gasteiger partial charge is 0.222 e. The molecule has 1 saturated heterocycles. The molecule has 0 aromatic carbocycles. The van der Waals surface area contributed by atoms with E-state index >= 15 is 0 Å². The maximum Gasteiger partial charge on any atom is 0.222 e. The molecule has 0 unspecified atom stereocenters. The van der Waals surface area contributed by atoms with Crippen molar-refractivity contribution >= 4 is 5.91 Å². The lowest BCUT2D eigenvalue weighted by atomic mass is 9.97. The Bertz CT molecular complexity index is 373. The number of piperidine rings is 1. The van der Waals surface area contributed by atoms with Crippen LogP contribution in [0.1, 0.15) is 25.0 Å². The molecule has 1 aromatic rings. The predicted octanol–water partition coefficient (Wildman–Crippen LogP) is 1.25. The number of aryl methyl sites for hydroxylation is 1. The van der Waals surface area contributed by atoms with E-state index in [2.05, 4.69) is 4.98 Å². The molecule has 0 atom stereocenters. The van der Waals surface area contributed by atoms with E-state index in [1.165, 1.54) is 0 Å². The van der Waals surface area contributed by atoms with E-state index < -0.39 is 0 Å². The number of hydrogen-bond donors (Lipinski definition) is 1. The number of nitrogens with zero attached hydrogens (tertiary/aromatic N) is 2. The summed E-state index contributed by atoms with van der Waals surface area (Å²) in [5.41, 5.74) is 0.969. The number of pyridine rings is 1. The van der Waals surface area contributed by atoms with Crippen LogP contribution in [-0.2, 0) is 11.2 Å². The fraction of sp³-hybridized carbons (Fsp3) is 0.571. The van der Waals surface area contributed by atoms with Crippen LogP contribution >= 0.6 is 0 Å². The minimum atomic E-state index is 0.206. The summed E-state index contributed by atoms with van der Waals surface area (Å²) in [4.78, 5) is 18.1. The second-order valence-electron chi connectivity index (χ2n) is 4.83. The van der Waals surface area contributed by atoms with Gasteiger partial charge in [-0.2, -0.15) is 0 Å². The first-order chi connectivity index (χ1) is 8.79. The van der Waals surface area contributed by atoms with Gasteiger partial charge in [0.05, 0.1) is 0 Å². The lowest BCUT2D eigenvalue weighted by Gasteiger charge is -2.31. The van der Waals surface area contributed by atoms with Crippen LogP contribution in [0.4, 0.5) is 0 Å². The average Bonchev–Trinajstić information content (AvgIpc) is 2.46. The minimum absolute atomic E-state index is 0.206. The van der Waals surface area contributed by atoms with E-state index in [-0.39, 0.29) is 12.5 Å². The van der Waals surface area contributed by atoms with Crippen molar-refractivity contribution in [3.63, 3.8) is 0 Å². The third-order valence-electron chi connectivity index (χ3n) is 3.55. The molecule has 1 fully saturated rings. The fourth-order valence-electron chi connectivity index (χ4n) is 2.30. The van der Waals surface area contributed by atoms with Crippen molar-refractivity contribution in [2.45, 2.75) is 25.7 Å². The Hall–Kier alpha value is -1.42. The van der Waals surface area contributed by atoms with Gasteiger partial charge in [0.2, 0.25) is 5.91 Å². The van der Waals surface area contributed by atoms with Gasteiger partial charge in [0.1, 0.15) is 0 Å². The van der Waals surface area contributed by atoms with Crippen LogP contribution in [-0.4, -0.2) is 40.6 Å². The van der Waals surface area contributed by atoms with Gasteiger partial charge in [0, 0.05) is 38.0 Å². The van der Waals surface area contributed by atoms with E-state index in [9.17, 15) is 4.79 Å². The minimum Gasteiger partial charge on any atom is -0.396 e. The van der Waals surface area contributed by atoms with E-state index in [1.54, 1.807) is 6.20 Å². The summed E-state index contributed by atoms with van der Waals surface area (Å²) in [5, 5.41) is 9.06. The number of hydrogen-bond acceptors (Lipinski definition) is 3. The van der Waals surface area contributed by atoms with Crippen LogP contribution in [0.25, 0.3) is 0 Å². The molecule has 1 N–H and O–H groups in total. The van der Waals surface area contributed by atoms with Gasteiger partial charge in [-0.1, -0.05) is 6.07 Å². The third kappa shape index (κ3) is 3.53. The fourth-order valence-corrected chi connectivity index (χ4v) is 2.30. The Balaban J connectivity index is 1.75. The summed E-state index contributed by atoms with van der Waals surface area (Å²) in [7, 11) is 0. The van der Waals surface area contributed by atoms with Crippen molar-refractivity contribution in [1.82, 2.24) is 9.88 Å². The number of aromatic nitrogens is 1. The van der Waals surface area contributed by atoms with E-state index in [1.807, 2.05) is 23.1 Å². The number of aliphatic hydroxyl groups excluding tert-OH is 1. The van der Waals surface area contributed by atoms with Crippen molar-refractivity contribution < 1.29 is 9.90 Å². The number of rotatable bonds is 4. The van der Waals surface area contributed by atoms with Gasteiger partial charge in [0.15, 0.2) is 0 Å². The second kappa shape index (κ2) is 6.50. The highest BCUT2D eigenvalue weighted by molar-refractivity contribution is 5.76. The topological polar surface area (TPSA) is 53.4 Å². The van der Waals surface area contributed by atoms with Crippen LogP contribution in [0, 0.1) is 5.92 Å². The normalized spacial score (nSPS) is 16.8. The number of carbonyl (C=O) groups excluding carboxylic acids is 1. The number of amides is 1. The van der Waals surface area contributed by atoms with Crippen molar-refractivity contribution in [3.05, 3.63) is 30.1 Å². The molecule has 0 saturated carbocycles. The summed E-state index contributed by atoms with van der Waals surface area (Å²) in [6.45, 7) is 1.81. The number of likely N-dealkylation sites (tertiary alicyclic amines) is 1. The monoisotopic (exact) mass is 248 g/mol. The summed E-state index contributed by atoms with van der Waals surface area (Å²) in [5.74, 6) is 0.585. The molecule has 1 aliphatic rings. The Morgan fingerprint density at radius 2 is 2.17 bits per heavy atom. The highest BCUT2D eigenvalue weighted by Gasteiger charge is 2.21. The van der Waals surface area contributed by atoms with Crippen molar-refractivity contribution in [2.75, 3.05) is 19.7 Å². The highest BCUT2D eigenvalue weighted by atomic mass is 16.3. The van der Waals surface area contributed by atoms with Crippen molar-refractivity contribution in [2.24, 2.45) is 5.92 Å². The Morgan fingerprint density at radius 1 is 1.39 bits per heavy atom. The van der Waals surface area contributed by atoms with Gasteiger partial charge in [0.25, 0.3) is 0 Å². The summed E-state index contributed by atoms with van der Waals surface area (Å²) in [6.07, 6.45) is 4.84. The zero-order valence-electron chi connectivity index (χ0n) is 10.6. The zero-order chi connectivity index (χ0) is 12.8. The Morgan fingerprint density at radius 3 is 2.78 bits per heavy atom. The molecule has 0 spiro atoms. The molecule has 1 aliphatic heterocycles. The molecule has 18 heavy (non-hydrogen) atoms. The van der Waals surface area contributed by atoms with Gasteiger partial charge in [-0.25, -0.2) is 0 Å². The molecule has 0 aliphatic carbocycles. The van der Waals surface area contributed by atoms with Gasteiger partial charge in [-0.05, 0) is 37.3 Å². The standard InChI is InChI=1S/C14H20N2O2/c17-11-12-6-9-16(10-7-12)14(18)5-4-13-3-1-2-8-15-13/h1-3,8,12,17H,4-7,9-11H2. The van der Waals surface area contributed by atoms with Gasteiger partial charge in [-0.15, -0.1) is 0 Å². The largest absolute Gasteiger partial charge is 0.396 e. The molecule has 0 bridgehead atoms. The maximum atomic E-state index is 12.0. The van der Waals surface area contributed by atoms with Crippen LogP contribution < -0.4 is 0 Å². The average molecular weight is 248 g/mol. The van der Waals surface area contributed by atoms with E-state index in [0.717, 1.165) is 31.6 Å². The lowest BCUT2D eigenvalue weighted by molar-refractivity contribution is -0.132. The first-order valence-corrected chi connectivity index (χ1v) is 6.58. The molecule has 4 nitrogen and oxygen atoms in total. The summed E-state index contributed by atoms with van der Waals surface area (Å²) >= 11 is 0. The molecule has 2 rings (SSSR count). The van der Waals surface area contributed by atoms with Gasteiger partial charge in [-0.3, -0.25) is 9.78 Å². The molecular weight excluding hydrogens is 228 g/mol. The molecule has 0 radical (unpaired) electrons. The third-order valence-corrected chi connectivity index (χ3v) is 3.55. The SMILES string of the molecule is O=C(CCc1ccccn1)N1CCC(CO)CC1. The highest BCUT2D eigenvalue weighted by Crippen LogP contribution is 2.17. The quantitative estimate of drug-likeness (QED) is 0.872. The zero-order valence-corrected chi connectivity index (χ0v) is 10.6. The lowest BCUT2D eigenvalue weighted by Crippen LogP contribution is -2.39. The number of aliphatic hydroxyl groups is 1. The van der Waals surface area contributed by atoms with Crippen LogP contribution in [0.3, 0.4) is 0 Å². The van der Waals surface area contributed by atoms with Gasteiger partial charge >= 0.3 is 0 Å². The molecule has 98 valence electrons. The van der Waals surface area contributed by atoms with Crippen molar-refractivity contribution in [3.8, 4) is 0 Å². The Labute approximate surface area is 108 Å². The first kappa shape index (κ1) is 13.0. The molecule has 1 amide bonds. The summed E-state index contributed by atoms with van der Waals surface area (Å²) in [6, 6.07) is 5.77. The molecule has 1 aromatic heterocycles. The molecular formula is C14H20N2O2. The Kier molecular flexibility index (Phi) is 4.70. The number of carbonyl (C=O) groups is 1. The van der Waals surface area contributed by atoms with Crippen LogP contribution in [0.5, 0.6) is 0 Å². The van der Waals surface area contributed by atoms with Crippen molar-refractivity contribution in [1.29, 1.82) is 0 Å². The van der Waals surface area contributed by atoms with Crippen LogP contribution in [0.2, 0.25) is 0 Å². The van der Waals surface area contributed by atoms with Gasteiger partial charge < -0.3 is 10.0 Å². The molecule has 4 heteroatoms. The maximum absolute atomic E-state index is 12.0.